The molecule has 0 saturated heterocycles. The molecule has 3 N–H and O–H groups in total. The van der Waals surface area contributed by atoms with E-state index in [1.54, 1.807) is 32.9 Å². The highest BCUT2D eigenvalue weighted by Gasteiger charge is 2.26. The second-order valence-electron chi connectivity index (χ2n) is 6.60. The van der Waals surface area contributed by atoms with Crippen LogP contribution in [0.15, 0.2) is 21.3 Å². The lowest BCUT2D eigenvalue weighted by Gasteiger charge is -2.20. The third kappa shape index (κ3) is 3.87. The van der Waals surface area contributed by atoms with Crippen LogP contribution in [0.2, 0.25) is 0 Å². The Kier molecular flexibility index (Phi) is 5.69. The van der Waals surface area contributed by atoms with E-state index in [0.29, 0.717) is 17.4 Å². The fourth-order valence-electron chi connectivity index (χ4n) is 2.93. The van der Waals surface area contributed by atoms with E-state index in [-0.39, 0.29) is 29.2 Å². The molecule has 0 aliphatic rings. The maximum atomic E-state index is 12.3. The molecule has 0 bridgehead atoms. The summed E-state index contributed by atoms with van der Waals surface area (Å²) in [4.78, 5) is 35.9. The minimum absolute atomic E-state index is 0.0362. The van der Waals surface area contributed by atoms with Crippen LogP contribution in [0.25, 0.3) is 11.0 Å². The standard InChI is InChI=1S/C19H23NO6/c1-5-10(3)17(18(23)24)20-15(22)8-12-11(4)16-13(21)6-9(2)7-14(16)26-19(12)25/h6-7,10,17,21H,5,8H2,1-4H3,(H,20,22)(H,23,24)/t10-,17+/m0/s1. The average Bonchev–Trinajstić information content (AvgIpc) is 2.54. The number of rotatable bonds is 6. The lowest BCUT2D eigenvalue weighted by Crippen LogP contribution is -2.45. The molecule has 7 nitrogen and oxygen atoms in total. The summed E-state index contributed by atoms with van der Waals surface area (Å²) in [5.41, 5.74) is 0.852. The second kappa shape index (κ2) is 7.59. The van der Waals surface area contributed by atoms with Crippen molar-refractivity contribution in [3.63, 3.8) is 0 Å². The summed E-state index contributed by atoms with van der Waals surface area (Å²) in [6, 6.07) is 2.15. The van der Waals surface area contributed by atoms with Gasteiger partial charge in [0.1, 0.15) is 17.4 Å². The molecule has 26 heavy (non-hydrogen) atoms. The summed E-state index contributed by atoms with van der Waals surface area (Å²) < 4.78 is 5.25. The van der Waals surface area contributed by atoms with Gasteiger partial charge in [0.25, 0.3) is 0 Å². The largest absolute Gasteiger partial charge is 0.507 e. The van der Waals surface area contributed by atoms with Gasteiger partial charge in [-0.3, -0.25) is 4.79 Å². The number of phenolic OH excluding ortho intramolecular Hbond substituents is 1. The molecule has 0 aliphatic carbocycles. The summed E-state index contributed by atoms with van der Waals surface area (Å²) >= 11 is 0. The number of phenols is 1. The van der Waals surface area contributed by atoms with Gasteiger partial charge in [-0.15, -0.1) is 0 Å². The number of benzene rings is 1. The predicted octanol–water partition coefficient (Wildman–Crippen LogP) is 2.27. The van der Waals surface area contributed by atoms with Crippen molar-refractivity contribution >= 4 is 22.8 Å². The number of carboxylic acid groups (broad SMARTS) is 1. The molecule has 1 aromatic carbocycles. The first-order chi connectivity index (χ1) is 12.1. The Balaban J connectivity index is 2.37. The number of nitrogens with one attached hydrogen (secondary N) is 1. The lowest BCUT2D eigenvalue weighted by molar-refractivity contribution is -0.143. The Morgan fingerprint density at radius 3 is 2.50 bits per heavy atom. The lowest BCUT2D eigenvalue weighted by atomic mass is 9.98. The normalized spacial score (nSPS) is 13.4. The van der Waals surface area contributed by atoms with Gasteiger partial charge in [0, 0.05) is 0 Å². The maximum Gasteiger partial charge on any atom is 0.340 e. The smallest absolute Gasteiger partial charge is 0.340 e. The Labute approximate surface area is 150 Å². The molecule has 0 radical (unpaired) electrons. The molecule has 0 spiro atoms. The number of fused-ring (bicyclic) bond motifs is 1. The fourth-order valence-corrected chi connectivity index (χ4v) is 2.93. The molecule has 140 valence electrons. The summed E-state index contributed by atoms with van der Waals surface area (Å²) in [7, 11) is 0. The van der Waals surface area contributed by atoms with Crippen LogP contribution in [0.5, 0.6) is 5.75 Å². The van der Waals surface area contributed by atoms with E-state index in [1.165, 1.54) is 0 Å². The Bertz CT molecular complexity index is 914. The van der Waals surface area contributed by atoms with Crippen molar-refractivity contribution in [1.29, 1.82) is 0 Å². The average molecular weight is 361 g/mol. The molecule has 0 unspecified atom stereocenters. The van der Waals surface area contributed by atoms with Crippen molar-refractivity contribution in [2.75, 3.05) is 0 Å². The van der Waals surface area contributed by atoms with Crippen LogP contribution in [0.3, 0.4) is 0 Å². The van der Waals surface area contributed by atoms with Gasteiger partial charge < -0.3 is 19.9 Å². The van der Waals surface area contributed by atoms with Gasteiger partial charge >= 0.3 is 11.6 Å². The zero-order valence-electron chi connectivity index (χ0n) is 15.3. The van der Waals surface area contributed by atoms with E-state index in [0.717, 1.165) is 5.56 Å². The van der Waals surface area contributed by atoms with Crippen molar-refractivity contribution in [2.24, 2.45) is 5.92 Å². The van der Waals surface area contributed by atoms with E-state index in [1.807, 2.05) is 6.92 Å². The van der Waals surface area contributed by atoms with Gasteiger partial charge in [-0.1, -0.05) is 20.3 Å². The highest BCUT2D eigenvalue weighted by Crippen LogP contribution is 2.29. The van der Waals surface area contributed by atoms with Gasteiger partial charge in [0.2, 0.25) is 5.91 Å². The van der Waals surface area contributed by atoms with E-state index in [2.05, 4.69) is 5.32 Å². The molecule has 2 aromatic rings. The number of aryl methyl sites for hydroxylation is 2. The third-order valence-electron chi connectivity index (χ3n) is 4.64. The molecule has 0 saturated carbocycles. The molecule has 1 amide bonds. The Morgan fingerprint density at radius 2 is 1.92 bits per heavy atom. The van der Waals surface area contributed by atoms with Crippen LogP contribution in [-0.4, -0.2) is 28.1 Å². The van der Waals surface area contributed by atoms with Gasteiger partial charge in [0.05, 0.1) is 17.4 Å². The number of hydrogen-bond acceptors (Lipinski definition) is 5. The van der Waals surface area contributed by atoms with Gasteiger partial charge in [-0.05, 0) is 43.0 Å². The summed E-state index contributed by atoms with van der Waals surface area (Å²) in [6.07, 6.45) is 0.263. The van der Waals surface area contributed by atoms with E-state index >= 15 is 0 Å². The third-order valence-corrected chi connectivity index (χ3v) is 4.64. The Hall–Kier alpha value is -2.83. The van der Waals surface area contributed by atoms with Crippen LogP contribution in [0.4, 0.5) is 0 Å². The molecule has 0 aliphatic heterocycles. The SMILES string of the molecule is CC[C@H](C)[C@@H](NC(=O)Cc1c(C)c2c(O)cc(C)cc2oc1=O)C(=O)O. The number of carbonyl (C=O) groups excluding carboxylic acids is 1. The number of amides is 1. The van der Waals surface area contributed by atoms with Crippen LogP contribution in [0, 0.1) is 19.8 Å². The van der Waals surface area contributed by atoms with E-state index in [4.69, 9.17) is 4.42 Å². The Morgan fingerprint density at radius 1 is 1.27 bits per heavy atom. The minimum Gasteiger partial charge on any atom is -0.507 e. The van der Waals surface area contributed by atoms with E-state index < -0.39 is 23.5 Å². The number of carbonyl (C=O) groups is 2. The summed E-state index contributed by atoms with van der Waals surface area (Å²) in [5.74, 6) is -1.99. The molecule has 2 atom stereocenters. The van der Waals surface area contributed by atoms with Crippen LogP contribution < -0.4 is 10.9 Å². The van der Waals surface area contributed by atoms with Gasteiger partial charge in [0.15, 0.2) is 0 Å². The predicted molar refractivity (Wildman–Crippen MR) is 96.3 cm³/mol. The number of aliphatic carboxylic acids is 1. The topological polar surface area (TPSA) is 117 Å². The number of aromatic hydroxyl groups is 1. The molecule has 0 fully saturated rings. The monoisotopic (exact) mass is 361 g/mol. The summed E-state index contributed by atoms with van der Waals surface area (Å²) in [6.45, 7) is 6.95. The van der Waals surface area contributed by atoms with Gasteiger partial charge in [-0.2, -0.15) is 0 Å². The van der Waals surface area contributed by atoms with Crippen molar-refractivity contribution < 1.29 is 24.2 Å². The number of hydrogen-bond donors (Lipinski definition) is 3. The van der Waals surface area contributed by atoms with Crippen LogP contribution in [-0.2, 0) is 16.0 Å². The zero-order valence-corrected chi connectivity index (χ0v) is 15.3. The van der Waals surface area contributed by atoms with Gasteiger partial charge in [-0.25, -0.2) is 9.59 Å². The molecular weight excluding hydrogens is 338 g/mol. The van der Waals surface area contributed by atoms with E-state index in [9.17, 15) is 24.6 Å². The quantitative estimate of drug-likeness (QED) is 0.680. The minimum atomic E-state index is -1.12. The van der Waals surface area contributed by atoms with Crippen molar-refractivity contribution in [3.8, 4) is 5.75 Å². The summed E-state index contributed by atoms with van der Waals surface area (Å²) in [5, 5.41) is 22.3. The molecule has 1 heterocycles. The first kappa shape index (κ1) is 19.5. The zero-order chi connectivity index (χ0) is 19.6. The van der Waals surface area contributed by atoms with Crippen molar-refractivity contribution in [3.05, 3.63) is 39.2 Å². The number of carboxylic acids is 1. The first-order valence-electron chi connectivity index (χ1n) is 8.43. The maximum absolute atomic E-state index is 12.3. The molecular formula is C19H23NO6. The molecule has 1 aromatic heterocycles. The molecule has 2 rings (SSSR count). The first-order valence-corrected chi connectivity index (χ1v) is 8.43. The van der Waals surface area contributed by atoms with Crippen LogP contribution >= 0.6 is 0 Å². The highest BCUT2D eigenvalue weighted by molar-refractivity contribution is 5.90. The van der Waals surface area contributed by atoms with Crippen molar-refractivity contribution in [2.45, 2.75) is 46.6 Å². The fraction of sp³-hybridized carbons (Fsp3) is 0.421. The van der Waals surface area contributed by atoms with Crippen LogP contribution in [0.1, 0.15) is 37.0 Å². The van der Waals surface area contributed by atoms with Crippen molar-refractivity contribution in [1.82, 2.24) is 5.32 Å². The molecule has 7 heteroatoms. The second-order valence-corrected chi connectivity index (χ2v) is 6.60. The highest BCUT2D eigenvalue weighted by atomic mass is 16.4.